The average molecular weight is 490 g/mol. The van der Waals surface area contributed by atoms with E-state index in [1.165, 1.54) is 46.5 Å². The van der Waals surface area contributed by atoms with Crippen molar-refractivity contribution in [3.05, 3.63) is 62.9 Å². The zero-order valence-electron chi connectivity index (χ0n) is 21.0. The maximum absolute atomic E-state index is 12.7. The largest absolute Gasteiger partial charge is 0.508 e. The molecule has 2 heterocycles. The number of aryl methyl sites for hydroxylation is 3. The molecule has 2 aromatic heterocycles. The third kappa shape index (κ3) is 3.76. The molecule has 0 spiro atoms. The molecule has 1 saturated carbocycles. The summed E-state index contributed by atoms with van der Waals surface area (Å²) in [6.45, 7) is 4.52. The second-order valence-corrected chi connectivity index (χ2v) is 12.6. The van der Waals surface area contributed by atoms with Crippen molar-refractivity contribution in [3.8, 4) is 5.75 Å². The summed E-state index contributed by atoms with van der Waals surface area (Å²) in [5.74, 6) is 2.94. The number of hydrogen-bond donors (Lipinski definition) is 1. The Balaban J connectivity index is 1.24. The van der Waals surface area contributed by atoms with Gasteiger partial charge in [-0.1, -0.05) is 13.0 Å². The van der Waals surface area contributed by atoms with Gasteiger partial charge >= 0.3 is 0 Å². The molecule has 6 rings (SSSR count). The van der Waals surface area contributed by atoms with Gasteiger partial charge in [-0.3, -0.25) is 9.48 Å². The number of nitrogens with zero attached hydrogens (tertiary/aromatic N) is 3. The van der Waals surface area contributed by atoms with Crippen molar-refractivity contribution in [2.45, 2.75) is 82.5 Å². The van der Waals surface area contributed by atoms with Gasteiger partial charge in [0.15, 0.2) is 0 Å². The summed E-state index contributed by atoms with van der Waals surface area (Å²) >= 11 is 1.63. The first-order valence-electron chi connectivity index (χ1n) is 13.1. The highest BCUT2D eigenvalue weighted by Crippen LogP contribution is 2.64. The molecule has 1 N–H and O–H groups in total. The summed E-state index contributed by atoms with van der Waals surface area (Å²) in [5, 5.41) is 15.7. The molecule has 0 saturated heterocycles. The second kappa shape index (κ2) is 8.58. The number of thiazole rings is 1. The van der Waals surface area contributed by atoms with Crippen LogP contribution in [0.25, 0.3) is 0 Å². The topological polar surface area (TPSA) is 68.0 Å². The van der Waals surface area contributed by atoms with Crippen LogP contribution in [0.3, 0.4) is 0 Å². The van der Waals surface area contributed by atoms with Gasteiger partial charge in [-0.2, -0.15) is 5.10 Å². The van der Waals surface area contributed by atoms with Crippen LogP contribution in [0.15, 0.2) is 30.6 Å². The van der Waals surface area contributed by atoms with Crippen LogP contribution in [0, 0.1) is 18.8 Å². The van der Waals surface area contributed by atoms with Gasteiger partial charge in [0.2, 0.25) is 0 Å². The van der Waals surface area contributed by atoms with E-state index in [1.807, 2.05) is 25.3 Å². The first-order valence-corrected chi connectivity index (χ1v) is 13.9. The number of aromatic hydroxyl groups is 1. The number of carbonyl (C=O) groups is 1. The minimum absolute atomic E-state index is 0.142. The van der Waals surface area contributed by atoms with Gasteiger partial charge in [0.05, 0.1) is 12.6 Å². The molecule has 5 nitrogen and oxygen atoms in total. The molecule has 3 aliphatic rings. The quantitative estimate of drug-likeness (QED) is 0.462. The lowest BCUT2D eigenvalue weighted by Crippen LogP contribution is -2.45. The van der Waals surface area contributed by atoms with Crippen LogP contribution in [-0.2, 0) is 30.1 Å². The fourth-order valence-corrected chi connectivity index (χ4v) is 8.87. The number of benzene rings is 1. The van der Waals surface area contributed by atoms with Crippen LogP contribution < -0.4 is 0 Å². The summed E-state index contributed by atoms with van der Waals surface area (Å²) in [7, 11) is 2.11. The zero-order valence-corrected chi connectivity index (χ0v) is 21.8. The molecule has 3 aliphatic carbocycles. The highest BCUT2D eigenvalue weighted by Gasteiger charge is 2.58. The Hall–Kier alpha value is -2.47. The molecule has 35 heavy (non-hydrogen) atoms. The number of carbonyl (C=O) groups excluding carboxylic acids is 1. The van der Waals surface area contributed by atoms with Crippen molar-refractivity contribution in [3.63, 3.8) is 0 Å². The Morgan fingerprint density at radius 3 is 2.91 bits per heavy atom. The lowest BCUT2D eigenvalue weighted by atomic mass is 9.53. The molecule has 1 fully saturated rings. The molecule has 0 radical (unpaired) electrons. The SMILES string of the molecule is Cc1cnc(CC(=O)CCC[C@H]2c3cnn(C)c3[C@@]3(C)CC[C@@H]4c5ccc(O)cc5CC[C@H]4[C@H]23)s1. The summed E-state index contributed by atoms with van der Waals surface area (Å²) in [6.07, 6.45) is 11.6. The van der Waals surface area contributed by atoms with Crippen molar-refractivity contribution in [1.29, 1.82) is 0 Å². The fraction of sp³-hybridized carbons (Fsp3) is 0.552. The van der Waals surface area contributed by atoms with Crippen LogP contribution in [0.4, 0.5) is 0 Å². The number of hydrogen-bond acceptors (Lipinski definition) is 5. The summed E-state index contributed by atoms with van der Waals surface area (Å²) in [5.41, 5.74) is 5.81. The third-order valence-electron chi connectivity index (χ3n) is 9.29. The monoisotopic (exact) mass is 489 g/mol. The average Bonchev–Trinajstić information content (AvgIpc) is 3.48. The number of ketones is 1. The molecule has 6 heteroatoms. The van der Waals surface area contributed by atoms with E-state index >= 15 is 0 Å². The number of fused-ring (bicyclic) bond motifs is 7. The predicted molar refractivity (Wildman–Crippen MR) is 138 cm³/mol. The van der Waals surface area contributed by atoms with E-state index in [0.717, 1.165) is 24.3 Å². The van der Waals surface area contributed by atoms with Crippen LogP contribution in [0.1, 0.15) is 89.6 Å². The number of phenols is 1. The van der Waals surface area contributed by atoms with Gasteiger partial charge < -0.3 is 5.11 Å². The highest BCUT2D eigenvalue weighted by molar-refractivity contribution is 7.11. The molecule has 184 valence electrons. The smallest absolute Gasteiger partial charge is 0.139 e. The zero-order chi connectivity index (χ0) is 24.3. The van der Waals surface area contributed by atoms with Crippen LogP contribution in [0.5, 0.6) is 5.75 Å². The highest BCUT2D eigenvalue weighted by atomic mass is 32.1. The van der Waals surface area contributed by atoms with E-state index in [2.05, 4.69) is 35.9 Å². The molecule has 0 aliphatic heterocycles. The summed E-state index contributed by atoms with van der Waals surface area (Å²) in [4.78, 5) is 18.3. The molecule has 0 bridgehead atoms. The molecule has 1 aromatic carbocycles. The fourth-order valence-electron chi connectivity index (χ4n) is 8.05. The van der Waals surface area contributed by atoms with Gasteiger partial charge in [0, 0.05) is 35.7 Å². The number of rotatable bonds is 6. The maximum atomic E-state index is 12.7. The van der Waals surface area contributed by atoms with Crippen molar-refractivity contribution < 1.29 is 9.90 Å². The summed E-state index contributed by atoms with van der Waals surface area (Å²) < 4.78 is 2.13. The Bertz CT molecular complexity index is 1280. The molecule has 3 aromatic rings. The van der Waals surface area contributed by atoms with E-state index < -0.39 is 0 Å². The van der Waals surface area contributed by atoms with E-state index in [0.29, 0.717) is 48.0 Å². The third-order valence-corrected chi connectivity index (χ3v) is 10.2. The van der Waals surface area contributed by atoms with Gasteiger partial charge in [0.25, 0.3) is 0 Å². The maximum Gasteiger partial charge on any atom is 0.139 e. The van der Waals surface area contributed by atoms with E-state index in [9.17, 15) is 9.90 Å². The molecular weight excluding hydrogens is 454 g/mol. The standard InChI is InChI=1S/C29H35N3O2S/c1-17-15-30-26(35-17)14-19(33)5-4-6-23-25-16-31-32(3)28(25)29(2)12-11-22-21-10-8-20(34)13-18(21)7-9-24(22)27(23)29/h8,10,13,15-16,22-24,27,34H,4-7,9,11-12,14H2,1-3H3/t22-,23+,24-,27+,29+/m1/s1. The lowest BCUT2D eigenvalue weighted by Gasteiger charge is -2.51. The number of aromatic nitrogens is 3. The Morgan fingerprint density at radius 1 is 1.26 bits per heavy atom. The first kappa shape index (κ1) is 23.0. The van der Waals surface area contributed by atoms with Crippen molar-refractivity contribution in [2.24, 2.45) is 18.9 Å². The van der Waals surface area contributed by atoms with Crippen LogP contribution >= 0.6 is 11.3 Å². The number of phenolic OH excluding ortho intramolecular Hbond substituents is 1. The minimum atomic E-state index is 0.142. The second-order valence-electron chi connectivity index (χ2n) is 11.3. The number of Topliss-reactive ketones (excluding diaryl/α,β-unsaturated/α-hetero) is 1. The van der Waals surface area contributed by atoms with Gasteiger partial charge in [-0.25, -0.2) is 4.98 Å². The van der Waals surface area contributed by atoms with Crippen LogP contribution in [0.2, 0.25) is 0 Å². The molecular formula is C29H35N3O2S. The minimum Gasteiger partial charge on any atom is -0.508 e. The Labute approximate surface area is 211 Å². The first-order chi connectivity index (χ1) is 16.8. The van der Waals surface area contributed by atoms with Gasteiger partial charge in [0.1, 0.15) is 16.5 Å². The summed E-state index contributed by atoms with van der Waals surface area (Å²) in [6, 6.07) is 6.04. The Kier molecular flexibility index (Phi) is 5.63. The molecule has 5 atom stereocenters. The van der Waals surface area contributed by atoms with Crippen molar-refractivity contribution >= 4 is 17.1 Å². The normalized spacial score (nSPS) is 28.8. The van der Waals surface area contributed by atoms with E-state index in [1.54, 1.807) is 11.3 Å². The van der Waals surface area contributed by atoms with E-state index in [-0.39, 0.29) is 5.41 Å². The lowest BCUT2D eigenvalue weighted by molar-refractivity contribution is -0.118. The van der Waals surface area contributed by atoms with Gasteiger partial charge in [-0.05, 0) is 97.9 Å². The Morgan fingerprint density at radius 2 is 2.11 bits per heavy atom. The van der Waals surface area contributed by atoms with Gasteiger partial charge in [-0.15, -0.1) is 11.3 Å². The van der Waals surface area contributed by atoms with Crippen molar-refractivity contribution in [1.82, 2.24) is 14.8 Å². The van der Waals surface area contributed by atoms with Crippen molar-refractivity contribution in [2.75, 3.05) is 0 Å². The van der Waals surface area contributed by atoms with Crippen LogP contribution in [-0.4, -0.2) is 25.7 Å². The predicted octanol–water partition coefficient (Wildman–Crippen LogP) is 5.98. The molecule has 0 unspecified atom stereocenters. The van der Waals surface area contributed by atoms with E-state index in [4.69, 9.17) is 5.10 Å². The molecule has 0 amide bonds.